The molecule has 1 heterocycles. The van der Waals surface area contributed by atoms with Crippen molar-refractivity contribution >= 4 is 15.9 Å². The van der Waals surface area contributed by atoms with Gasteiger partial charge in [0.25, 0.3) is 0 Å². The lowest BCUT2D eigenvalue weighted by Gasteiger charge is -2.19. The van der Waals surface area contributed by atoms with Crippen molar-refractivity contribution in [1.29, 1.82) is 0 Å². The minimum Gasteiger partial charge on any atom is -0.344 e. The van der Waals surface area contributed by atoms with Crippen molar-refractivity contribution in [2.75, 3.05) is 0 Å². The summed E-state index contributed by atoms with van der Waals surface area (Å²) in [6.07, 6.45) is 0. The molecular formula is C15H20BrN3. The van der Waals surface area contributed by atoms with Crippen molar-refractivity contribution in [3.63, 3.8) is 0 Å². The van der Waals surface area contributed by atoms with Gasteiger partial charge in [0.2, 0.25) is 0 Å². The van der Waals surface area contributed by atoms with Gasteiger partial charge in [0.15, 0.2) is 0 Å². The number of benzene rings is 1. The highest BCUT2D eigenvalue weighted by Crippen LogP contribution is 2.23. The molecule has 4 heteroatoms. The molecule has 19 heavy (non-hydrogen) atoms. The first-order chi connectivity index (χ1) is 8.85. The maximum absolute atomic E-state index is 4.68. The fraction of sp³-hybridized carbons (Fsp3) is 0.400. The van der Waals surface area contributed by atoms with Crippen molar-refractivity contribution in [3.8, 4) is 11.3 Å². The molecule has 0 fully saturated rings. The molecule has 1 aromatic carbocycles. The van der Waals surface area contributed by atoms with Crippen LogP contribution >= 0.6 is 15.9 Å². The smallest absolute Gasteiger partial charge is 0.121 e. The Kier molecular flexibility index (Phi) is 4.11. The molecule has 0 aliphatic carbocycles. The summed E-state index contributed by atoms with van der Waals surface area (Å²) < 4.78 is 1.08. The third-order valence-electron chi connectivity index (χ3n) is 2.84. The second-order valence-corrected chi connectivity index (χ2v) is 6.68. The maximum Gasteiger partial charge on any atom is 0.121 e. The first kappa shape index (κ1) is 14.3. The van der Waals surface area contributed by atoms with E-state index in [-0.39, 0.29) is 5.54 Å². The van der Waals surface area contributed by atoms with Crippen molar-refractivity contribution in [3.05, 3.63) is 40.3 Å². The molecule has 2 N–H and O–H groups in total. The molecule has 1 aromatic heterocycles. The SMILES string of the molecule is Cc1[nH]c(CNC(C)(C)C)nc1-c1ccc(Br)cc1. The van der Waals surface area contributed by atoms with Gasteiger partial charge in [-0.2, -0.15) is 0 Å². The van der Waals surface area contributed by atoms with Crippen molar-refractivity contribution < 1.29 is 0 Å². The predicted octanol–water partition coefficient (Wildman–Crippen LogP) is 4.04. The van der Waals surface area contributed by atoms with Crippen LogP contribution in [0.4, 0.5) is 0 Å². The van der Waals surface area contributed by atoms with Gasteiger partial charge < -0.3 is 10.3 Å². The topological polar surface area (TPSA) is 40.7 Å². The summed E-state index contributed by atoms with van der Waals surface area (Å²) in [6.45, 7) is 9.27. The zero-order chi connectivity index (χ0) is 14.0. The van der Waals surface area contributed by atoms with E-state index in [9.17, 15) is 0 Å². The minimum atomic E-state index is 0.0957. The van der Waals surface area contributed by atoms with E-state index in [0.29, 0.717) is 0 Å². The van der Waals surface area contributed by atoms with Crippen LogP contribution in [0.5, 0.6) is 0 Å². The fourth-order valence-electron chi connectivity index (χ4n) is 1.84. The Labute approximate surface area is 123 Å². The summed E-state index contributed by atoms with van der Waals surface area (Å²) in [5.74, 6) is 0.977. The summed E-state index contributed by atoms with van der Waals surface area (Å²) >= 11 is 3.45. The largest absolute Gasteiger partial charge is 0.344 e. The number of hydrogen-bond donors (Lipinski definition) is 2. The van der Waals surface area contributed by atoms with Gasteiger partial charge in [-0.1, -0.05) is 28.1 Å². The van der Waals surface area contributed by atoms with Gasteiger partial charge in [-0.15, -0.1) is 0 Å². The number of halogens is 1. The second kappa shape index (κ2) is 5.47. The van der Waals surface area contributed by atoms with Gasteiger partial charge in [0.1, 0.15) is 5.82 Å². The van der Waals surface area contributed by atoms with E-state index in [1.54, 1.807) is 0 Å². The molecule has 0 saturated carbocycles. The van der Waals surface area contributed by atoms with Gasteiger partial charge in [0, 0.05) is 21.3 Å². The highest BCUT2D eigenvalue weighted by Gasteiger charge is 2.12. The van der Waals surface area contributed by atoms with E-state index in [2.05, 4.69) is 71.0 Å². The number of rotatable bonds is 3. The van der Waals surface area contributed by atoms with Crippen molar-refractivity contribution in [2.24, 2.45) is 0 Å². The standard InChI is InChI=1S/C15H20BrN3/c1-10-14(11-5-7-12(16)8-6-11)19-13(18-10)9-17-15(2,3)4/h5-8,17H,9H2,1-4H3,(H,18,19). The first-order valence-electron chi connectivity index (χ1n) is 6.41. The number of imidazole rings is 1. The molecule has 0 saturated heterocycles. The van der Waals surface area contributed by atoms with Gasteiger partial charge in [-0.3, -0.25) is 0 Å². The van der Waals surface area contributed by atoms with E-state index >= 15 is 0 Å². The molecule has 0 atom stereocenters. The predicted molar refractivity (Wildman–Crippen MR) is 83.1 cm³/mol. The lowest BCUT2D eigenvalue weighted by atomic mass is 10.1. The lowest BCUT2D eigenvalue weighted by molar-refractivity contribution is 0.418. The van der Waals surface area contributed by atoms with E-state index < -0.39 is 0 Å². The Morgan fingerprint density at radius 3 is 2.42 bits per heavy atom. The third kappa shape index (κ3) is 3.91. The molecule has 2 rings (SSSR count). The van der Waals surface area contributed by atoms with Gasteiger partial charge >= 0.3 is 0 Å². The lowest BCUT2D eigenvalue weighted by Crippen LogP contribution is -2.35. The molecule has 3 nitrogen and oxygen atoms in total. The van der Waals surface area contributed by atoms with Gasteiger partial charge in [0.05, 0.1) is 12.2 Å². The minimum absolute atomic E-state index is 0.0957. The molecule has 0 unspecified atom stereocenters. The van der Waals surface area contributed by atoms with Crippen LogP contribution in [0, 0.1) is 6.92 Å². The number of aromatic amines is 1. The van der Waals surface area contributed by atoms with Crippen LogP contribution in [-0.2, 0) is 6.54 Å². The molecular weight excluding hydrogens is 302 g/mol. The number of nitrogens with zero attached hydrogens (tertiary/aromatic N) is 1. The average molecular weight is 322 g/mol. The zero-order valence-electron chi connectivity index (χ0n) is 11.8. The quantitative estimate of drug-likeness (QED) is 0.895. The number of nitrogens with one attached hydrogen (secondary N) is 2. The van der Waals surface area contributed by atoms with Crippen LogP contribution in [0.15, 0.2) is 28.7 Å². The number of hydrogen-bond acceptors (Lipinski definition) is 2. The van der Waals surface area contributed by atoms with E-state index in [1.807, 2.05) is 12.1 Å². The summed E-state index contributed by atoms with van der Waals surface area (Å²) in [6, 6.07) is 8.23. The van der Waals surface area contributed by atoms with Crippen LogP contribution in [0.25, 0.3) is 11.3 Å². The van der Waals surface area contributed by atoms with Crippen molar-refractivity contribution in [2.45, 2.75) is 39.8 Å². The Balaban J connectivity index is 2.19. The summed E-state index contributed by atoms with van der Waals surface area (Å²) in [7, 11) is 0. The first-order valence-corrected chi connectivity index (χ1v) is 7.21. The Morgan fingerprint density at radius 2 is 1.84 bits per heavy atom. The van der Waals surface area contributed by atoms with E-state index in [4.69, 9.17) is 0 Å². The molecule has 0 aliphatic rings. The number of H-pyrrole nitrogens is 1. The zero-order valence-corrected chi connectivity index (χ0v) is 13.4. The fourth-order valence-corrected chi connectivity index (χ4v) is 2.11. The summed E-state index contributed by atoms with van der Waals surface area (Å²) in [5, 5.41) is 3.44. The average Bonchev–Trinajstić information content (AvgIpc) is 2.68. The molecule has 102 valence electrons. The second-order valence-electron chi connectivity index (χ2n) is 5.77. The Morgan fingerprint density at radius 1 is 1.21 bits per heavy atom. The molecule has 0 bridgehead atoms. The molecule has 0 radical (unpaired) electrons. The van der Waals surface area contributed by atoms with E-state index in [0.717, 1.165) is 33.8 Å². The highest BCUT2D eigenvalue weighted by molar-refractivity contribution is 9.10. The van der Waals surface area contributed by atoms with Crippen LogP contribution in [0.3, 0.4) is 0 Å². The Hall–Kier alpha value is -1.13. The molecule has 2 aromatic rings. The van der Waals surface area contributed by atoms with Crippen LogP contribution < -0.4 is 5.32 Å². The monoisotopic (exact) mass is 321 g/mol. The van der Waals surface area contributed by atoms with Gasteiger partial charge in [-0.05, 0) is 39.8 Å². The normalized spacial score (nSPS) is 11.8. The van der Waals surface area contributed by atoms with Crippen molar-refractivity contribution in [1.82, 2.24) is 15.3 Å². The third-order valence-corrected chi connectivity index (χ3v) is 3.37. The highest BCUT2D eigenvalue weighted by atomic mass is 79.9. The maximum atomic E-state index is 4.68. The van der Waals surface area contributed by atoms with Crippen LogP contribution in [-0.4, -0.2) is 15.5 Å². The Bertz CT molecular complexity index is 550. The number of aryl methyl sites for hydroxylation is 1. The summed E-state index contributed by atoms with van der Waals surface area (Å²) in [5.41, 5.74) is 3.36. The summed E-state index contributed by atoms with van der Waals surface area (Å²) in [4.78, 5) is 8.02. The molecule has 0 aliphatic heterocycles. The number of aromatic nitrogens is 2. The molecule has 0 spiro atoms. The molecule has 0 amide bonds. The van der Waals surface area contributed by atoms with Gasteiger partial charge in [-0.25, -0.2) is 4.98 Å². The van der Waals surface area contributed by atoms with Crippen LogP contribution in [0.1, 0.15) is 32.3 Å². The van der Waals surface area contributed by atoms with Crippen LogP contribution in [0.2, 0.25) is 0 Å². The van der Waals surface area contributed by atoms with E-state index in [1.165, 1.54) is 0 Å².